The van der Waals surface area contributed by atoms with Crippen molar-refractivity contribution in [3.05, 3.63) is 34.8 Å². The molecule has 0 heterocycles. The zero-order valence-electron chi connectivity index (χ0n) is 12.6. The standard InChI is InChI=1S/C15H18BrNO5/c1-5-6-17-14(18)9(2)22-15(19)10-7-11(20-3)13(16)12(8-10)21-4/h5,7-9H,1,6H2,2-4H3,(H,17,18)/t9-/m1/s1. The number of benzene rings is 1. The monoisotopic (exact) mass is 371 g/mol. The van der Waals surface area contributed by atoms with Gasteiger partial charge in [-0.15, -0.1) is 6.58 Å². The number of carbonyl (C=O) groups is 2. The van der Waals surface area contributed by atoms with Crippen molar-refractivity contribution in [3.63, 3.8) is 0 Å². The minimum absolute atomic E-state index is 0.222. The first-order valence-electron chi connectivity index (χ1n) is 6.45. The van der Waals surface area contributed by atoms with Gasteiger partial charge in [0.05, 0.1) is 19.8 Å². The number of halogens is 1. The van der Waals surface area contributed by atoms with E-state index in [0.29, 0.717) is 22.5 Å². The van der Waals surface area contributed by atoms with Crippen LogP contribution in [0.2, 0.25) is 0 Å². The lowest BCUT2D eigenvalue weighted by molar-refractivity contribution is -0.128. The molecule has 1 atom stereocenters. The molecule has 1 amide bonds. The maximum absolute atomic E-state index is 12.1. The van der Waals surface area contributed by atoms with Gasteiger partial charge < -0.3 is 19.5 Å². The number of esters is 1. The molecule has 0 bridgehead atoms. The summed E-state index contributed by atoms with van der Waals surface area (Å²) in [6, 6.07) is 3.01. The second kappa shape index (κ2) is 8.43. The van der Waals surface area contributed by atoms with Crippen molar-refractivity contribution in [1.82, 2.24) is 5.32 Å². The molecule has 0 unspecified atom stereocenters. The Balaban J connectivity index is 2.89. The summed E-state index contributed by atoms with van der Waals surface area (Å²) in [5.41, 5.74) is 0.222. The van der Waals surface area contributed by atoms with Crippen LogP contribution in [0, 0.1) is 0 Å². The number of hydrogen-bond acceptors (Lipinski definition) is 5. The molecule has 0 spiro atoms. The Morgan fingerprint density at radius 3 is 2.32 bits per heavy atom. The van der Waals surface area contributed by atoms with Gasteiger partial charge in [0.2, 0.25) is 0 Å². The zero-order valence-corrected chi connectivity index (χ0v) is 14.2. The van der Waals surface area contributed by atoms with Crippen LogP contribution in [0.3, 0.4) is 0 Å². The van der Waals surface area contributed by atoms with Crippen LogP contribution >= 0.6 is 15.9 Å². The van der Waals surface area contributed by atoms with Crippen molar-refractivity contribution < 1.29 is 23.8 Å². The van der Waals surface area contributed by atoms with Gasteiger partial charge in [0, 0.05) is 6.54 Å². The molecule has 0 saturated carbocycles. The van der Waals surface area contributed by atoms with Gasteiger partial charge in [0.1, 0.15) is 16.0 Å². The molecule has 120 valence electrons. The lowest BCUT2D eigenvalue weighted by Gasteiger charge is -2.14. The van der Waals surface area contributed by atoms with E-state index in [4.69, 9.17) is 14.2 Å². The van der Waals surface area contributed by atoms with Gasteiger partial charge in [-0.25, -0.2) is 4.79 Å². The normalized spacial score (nSPS) is 11.3. The fourth-order valence-electron chi connectivity index (χ4n) is 1.59. The van der Waals surface area contributed by atoms with Crippen molar-refractivity contribution in [2.75, 3.05) is 20.8 Å². The van der Waals surface area contributed by atoms with Gasteiger partial charge in [-0.05, 0) is 35.0 Å². The van der Waals surface area contributed by atoms with Crippen LogP contribution < -0.4 is 14.8 Å². The van der Waals surface area contributed by atoms with Crippen LogP contribution in [0.25, 0.3) is 0 Å². The summed E-state index contributed by atoms with van der Waals surface area (Å²) in [5.74, 6) is -0.195. The summed E-state index contributed by atoms with van der Waals surface area (Å²) < 4.78 is 16.0. The van der Waals surface area contributed by atoms with Crippen LogP contribution in [-0.4, -0.2) is 38.7 Å². The zero-order chi connectivity index (χ0) is 16.7. The summed E-state index contributed by atoms with van der Waals surface area (Å²) in [6.07, 6.45) is 0.616. The molecule has 1 aromatic carbocycles. The van der Waals surface area contributed by atoms with Crippen LogP contribution in [-0.2, 0) is 9.53 Å². The molecular weight excluding hydrogens is 354 g/mol. The Bertz CT molecular complexity index is 548. The SMILES string of the molecule is C=CCNC(=O)[C@@H](C)OC(=O)c1cc(OC)c(Br)c(OC)c1. The Morgan fingerprint density at radius 2 is 1.86 bits per heavy atom. The molecular formula is C15H18BrNO5. The first-order chi connectivity index (χ1) is 10.4. The third kappa shape index (κ3) is 4.49. The summed E-state index contributed by atoms with van der Waals surface area (Å²) in [6.45, 7) is 5.29. The Kier molecular flexibility index (Phi) is 6.91. The Hall–Kier alpha value is -2.02. The van der Waals surface area contributed by atoms with Crippen molar-refractivity contribution in [2.45, 2.75) is 13.0 Å². The van der Waals surface area contributed by atoms with E-state index in [-0.39, 0.29) is 5.56 Å². The molecule has 0 aromatic heterocycles. The molecule has 0 saturated heterocycles. The number of carbonyl (C=O) groups excluding carboxylic acids is 2. The average Bonchev–Trinajstić information content (AvgIpc) is 2.52. The number of nitrogens with one attached hydrogen (secondary N) is 1. The highest BCUT2D eigenvalue weighted by Gasteiger charge is 2.21. The number of rotatable bonds is 7. The average molecular weight is 372 g/mol. The third-order valence-electron chi connectivity index (χ3n) is 2.76. The highest BCUT2D eigenvalue weighted by molar-refractivity contribution is 9.10. The molecule has 6 nitrogen and oxygen atoms in total. The maximum Gasteiger partial charge on any atom is 0.339 e. The third-order valence-corrected chi connectivity index (χ3v) is 3.54. The van der Waals surface area contributed by atoms with Crippen LogP contribution in [0.1, 0.15) is 17.3 Å². The minimum Gasteiger partial charge on any atom is -0.495 e. The molecule has 22 heavy (non-hydrogen) atoms. The largest absolute Gasteiger partial charge is 0.495 e. The summed E-state index contributed by atoms with van der Waals surface area (Å²) >= 11 is 3.31. The number of amides is 1. The van der Waals surface area contributed by atoms with Gasteiger partial charge in [-0.2, -0.15) is 0 Å². The fourth-order valence-corrected chi connectivity index (χ4v) is 2.14. The van der Waals surface area contributed by atoms with Gasteiger partial charge in [0.25, 0.3) is 5.91 Å². The molecule has 0 fully saturated rings. The van der Waals surface area contributed by atoms with E-state index in [2.05, 4.69) is 27.8 Å². The molecule has 0 aliphatic heterocycles. The van der Waals surface area contributed by atoms with Crippen LogP contribution in [0.15, 0.2) is 29.3 Å². The van der Waals surface area contributed by atoms with E-state index in [1.807, 2.05) is 0 Å². The van der Waals surface area contributed by atoms with Crippen molar-refractivity contribution in [1.29, 1.82) is 0 Å². The Labute approximate surface area is 137 Å². The topological polar surface area (TPSA) is 73.9 Å². The molecule has 0 aliphatic rings. The molecule has 1 aromatic rings. The maximum atomic E-state index is 12.1. The summed E-state index contributed by atoms with van der Waals surface area (Å²) in [5, 5.41) is 2.55. The number of methoxy groups -OCH3 is 2. The smallest absolute Gasteiger partial charge is 0.339 e. The number of hydrogen-bond donors (Lipinski definition) is 1. The van der Waals surface area contributed by atoms with Crippen LogP contribution in [0.5, 0.6) is 11.5 Å². The first kappa shape index (κ1) is 18.0. The van der Waals surface area contributed by atoms with E-state index in [1.165, 1.54) is 39.4 Å². The molecule has 0 radical (unpaired) electrons. The molecule has 0 aliphatic carbocycles. The van der Waals surface area contributed by atoms with Gasteiger partial charge in [0.15, 0.2) is 6.10 Å². The summed E-state index contributed by atoms with van der Waals surface area (Å²) in [7, 11) is 2.94. The minimum atomic E-state index is -0.923. The fraction of sp³-hybridized carbons (Fsp3) is 0.333. The first-order valence-corrected chi connectivity index (χ1v) is 7.25. The van der Waals surface area contributed by atoms with Crippen molar-refractivity contribution in [3.8, 4) is 11.5 Å². The highest BCUT2D eigenvalue weighted by Crippen LogP contribution is 2.35. The quantitative estimate of drug-likeness (QED) is 0.588. The predicted molar refractivity (Wildman–Crippen MR) is 85.3 cm³/mol. The van der Waals surface area contributed by atoms with E-state index in [1.54, 1.807) is 0 Å². The van der Waals surface area contributed by atoms with E-state index < -0.39 is 18.0 Å². The molecule has 7 heteroatoms. The Morgan fingerprint density at radius 1 is 1.32 bits per heavy atom. The van der Waals surface area contributed by atoms with Gasteiger partial charge in [-0.3, -0.25) is 4.79 Å². The lowest BCUT2D eigenvalue weighted by atomic mass is 10.2. The molecule has 1 rings (SSSR count). The van der Waals surface area contributed by atoms with E-state index in [9.17, 15) is 9.59 Å². The van der Waals surface area contributed by atoms with E-state index in [0.717, 1.165) is 0 Å². The highest BCUT2D eigenvalue weighted by atomic mass is 79.9. The van der Waals surface area contributed by atoms with Gasteiger partial charge in [-0.1, -0.05) is 6.08 Å². The number of ether oxygens (including phenoxy) is 3. The summed E-state index contributed by atoms with van der Waals surface area (Å²) in [4.78, 5) is 23.8. The second-order valence-corrected chi connectivity index (χ2v) is 5.07. The van der Waals surface area contributed by atoms with Crippen molar-refractivity contribution >= 4 is 27.8 Å². The van der Waals surface area contributed by atoms with Crippen LogP contribution in [0.4, 0.5) is 0 Å². The van der Waals surface area contributed by atoms with E-state index >= 15 is 0 Å². The molecule has 1 N–H and O–H groups in total. The van der Waals surface area contributed by atoms with Gasteiger partial charge >= 0.3 is 5.97 Å². The lowest BCUT2D eigenvalue weighted by Crippen LogP contribution is -2.35. The second-order valence-electron chi connectivity index (χ2n) is 4.28. The van der Waals surface area contributed by atoms with Crippen molar-refractivity contribution in [2.24, 2.45) is 0 Å². The predicted octanol–water partition coefficient (Wildman–Crippen LogP) is 2.31.